The van der Waals surface area contributed by atoms with Gasteiger partial charge in [0, 0.05) is 14.9 Å². The van der Waals surface area contributed by atoms with Crippen molar-refractivity contribution in [1.82, 2.24) is 5.32 Å². The normalized spacial score (nSPS) is 12.7. The van der Waals surface area contributed by atoms with Crippen LogP contribution in [0.5, 0.6) is 0 Å². The molecule has 2 aromatic rings. The molecule has 0 saturated heterocycles. The monoisotopic (exact) mass is 515 g/mol. The lowest BCUT2D eigenvalue weighted by molar-refractivity contribution is -0.136. The highest BCUT2D eigenvalue weighted by molar-refractivity contribution is 8.00. The molecule has 1 N–H and O–H groups in total. The summed E-state index contributed by atoms with van der Waals surface area (Å²) < 4.78 is 77.1. The van der Waals surface area contributed by atoms with Crippen LogP contribution in [0.4, 0.5) is 26.3 Å². The summed E-state index contributed by atoms with van der Waals surface area (Å²) in [4.78, 5) is 12.2. The van der Waals surface area contributed by atoms with Gasteiger partial charge in [-0.25, -0.2) is 0 Å². The second-order valence-corrected chi connectivity index (χ2v) is 8.65. The second kappa shape index (κ2) is 10.9. The van der Waals surface area contributed by atoms with E-state index in [9.17, 15) is 31.1 Å². The molecular formula is C21H17Cl2F6NOS. The molecule has 32 heavy (non-hydrogen) atoms. The molecule has 2 rings (SSSR count). The molecule has 0 aliphatic heterocycles. The number of carbonyl (C=O) groups is 1. The number of hydrogen-bond donors (Lipinski definition) is 1. The van der Waals surface area contributed by atoms with Crippen LogP contribution >= 0.6 is 35.0 Å². The molecule has 174 valence electrons. The van der Waals surface area contributed by atoms with Gasteiger partial charge in [0.25, 0.3) is 0 Å². The molecule has 11 heteroatoms. The number of amides is 1. The molecule has 0 aliphatic rings. The number of rotatable bonds is 7. The maximum atomic E-state index is 13.6. The van der Waals surface area contributed by atoms with E-state index in [1.807, 2.05) is 0 Å². The Balaban J connectivity index is 2.11. The summed E-state index contributed by atoms with van der Waals surface area (Å²) in [6, 6.07) is 8.57. The van der Waals surface area contributed by atoms with E-state index in [4.69, 9.17) is 23.2 Å². The first-order valence-electron chi connectivity index (χ1n) is 9.04. The third-order valence-corrected chi connectivity index (χ3v) is 5.72. The summed E-state index contributed by atoms with van der Waals surface area (Å²) in [7, 11) is 0. The number of hydrogen-bond acceptors (Lipinski definition) is 2. The van der Waals surface area contributed by atoms with Crippen LogP contribution in [-0.2, 0) is 11.2 Å². The number of aryl methyl sites for hydroxylation is 1. The van der Waals surface area contributed by atoms with Gasteiger partial charge in [-0.3, -0.25) is 4.79 Å². The van der Waals surface area contributed by atoms with Gasteiger partial charge in [0.05, 0.1) is 11.3 Å². The van der Waals surface area contributed by atoms with E-state index in [2.05, 4.69) is 0 Å². The quantitative estimate of drug-likeness (QED) is 0.310. The topological polar surface area (TPSA) is 29.1 Å². The number of benzene rings is 2. The summed E-state index contributed by atoms with van der Waals surface area (Å²) in [5.41, 5.74) is 0.246. The molecule has 2 nitrogen and oxygen atoms in total. The average molecular weight is 516 g/mol. The molecular weight excluding hydrogens is 499 g/mol. The molecule has 0 radical (unpaired) electrons. The maximum Gasteiger partial charge on any atom is 0.416 e. The highest BCUT2D eigenvalue weighted by Crippen LogP contribution is 2.36. The van der Waals surface area contributed by atoms with Crippen LogP contribution in [0.25, 0.3) is 5.57 Å². The van der Waals surface area contributed by atoms with Gasteiger partial charge in [-0.15, -0.1) is 11.8 Å². The van der Waals surface area contributed by atoms with E-state index in [-0.39, 0.29) is 27.8 Å². The average Bonchev–Trinajstić information content (AvgIpc) is 2.63. The Morgan fingerprint density at radius 2 is 1.66 bits per heavy atom. The fraction of sp³-hybridized carbons (Fsp3) is 0.286. The first-order chi connectivity index (χ1) is 14.7. The summed E-state index contributed by atoms with van der Waals surface area (Å²) in [5, 5.41) is 1.94. The number of alkyl halides is 6. The number of thioether (sulfide) groups is 1. The van der Waals surface area contributed by atoms with Crippen molar-refractivity contribution in [3.8, 4) is 0 Å². The number of halogens is 8. The Morgan fingerprint density at radius 1 is 1.03 bits per heavy atom. The van der Waals surface area contributed by atoms with Crippen molar-refractivity contribution in [3.63, 3.8) is 0 Å². The predicted octanol–water partition coefficient (Wildman–Crippen LogP) is 7.26. The van der Waals surface area contributed by atoms with Gasteiger partial charge in [-0.05, 0) is 54.3 Å². The van der Waals surface area contributed by atoms with Gasteiger partial charge < -0.3 is 5.32 Å². The lowest BCUT2D eigenvalue weighted by atomic mass is 10.0. The fourth-order valence-corrected chi connectivity index (χ4v) is 4.09. The minimum absolute atomic E-state index is 0.0309. The van der Waals surface area contributed by atoms with E-state index in [1.165, 1.54) is 18.2 Å². The van der Waals surface area contributed by atoms with Gasteiger partial charge in [0.1, 0.15) is 6.54 Å². The second-order valence-electron chi connectivity index (χ2n) is 6.76. The van der Waals surface area contributed by atoms with Crippen molar-refractivity contribution < 1.29 is 31.1 Å². The maximum absolute atomic E-state index is 13.6. The summed E-state index contributed by atoms with van der Waals surface area (Å²) in [6.07, 6.45) is -8.11. The summed E-state index contributed by atoms with van der Waals surface area (Å²) in [6.45, 7) is 0.292. The van der Waals surface area contributed by atoms with E-state index < -0.39 is 30.4 Å². The number of carbonyl (C=O) groups excluding carboxylic acids is 1. The van der Waals surface area contributed by atoms with Crippen LogP contribution in [0.15, 0.2) is 47.4 Å². The van der Waals surface area contributed by atoms with Gasteiger partial charge in [-0.1, -0.05) is 41.4 Å². The highest BCUT2D eigenvalue weighted by Gasteiger charge is 2.34. The van der Waals surface area contributed by atoms with E-state index in [1.54, 1.807) is 30.4 Å². The Hall–Kier alpha value is -1.84. The van der Waals surface area contributed by atoms with Crippen molar-refractivity contribution in [2.45, 2.75) is 30.6 Å². The number of allylic oxidation sites excluding steroid dienone is 2. The SMILES string of the molecule is Cc1cc(C/C=C(\c2cc(Cl)cc(Cl)c2)C(F)(F)F)ccc1SCC(=O)NCC(F)(F)F. The van der Waals surface area contributed by atoms with Crippen LogP contribution in [-0.4, -0.2) is 30.6 Å². The molecule has 0 atom stereocenters. The van der Waals surface area contributed by atoms with Crippen LogP contribution in [0.3, 0.4) is 0 Å². The standard InChI is InChI=1S/C21H17Cl2F6NOS/c1-12-6-13(3-5-18(12)32-10-19(31)30-11-20(24,25)26)2-4-17(21(27,28)29)14-7-15(22)9-16(23)8-14/h3-9H,2,10-11H2,1H3,(H,30,31)/b17-4+. The Morgan fingerprint density at radius 3 is 2.19 bits per heavy atom. The minimum Gasteiger partial charge on any atom is -0.346 e. The molecule has 0 bridgehead atoms. The molecule has 2 aromatic carbocycles. The zero-order chi connectivity index (χ0) is 24.1. The Bertz CT molecular complexity index is 985. The molecule has 0 aromatic heterocycles. The third-order valence-electron chi connectivity index (χ3n) is 4.10. The molecule has 0 unspecified atom stereocenters. The zero-order valence-electron chi connectivity index (χ0n) is 16.5. The summed E-state index contributed by atoms with van der Waals surface area (Å²) >= 11 is 12.7. The largest absolute Gasteiger partial charge is 0.416 e. The Labute approximate surface area is 195 Å². The van der Waals surface area contributed by atoms with E-state index in [0.29, 0.717) is 16.0 Å². The van der Waals surface area contributed by atoms with Crippen molar-refractivity contribution in [1.29, 1.82) is 0 Å². The predicted molar refractivity (Wildman–Crippen MR) is 115 cm³/mol. The molecule has 0 fully saturated rings. The van der Waals surface area contributed by atoms with Crippen molar-refractivity contribution in [3.05, 3.63) is 69.2 Å². The molecule has 0 heterocycles. The number of nitrogens with one attached hydrogen (secondary N) is 1. The van der Waals surface area contributed by atoms with Gasteiger partial charge in [0.15, 0.2) is 0 Å². The lowest BCUT2D eigenvalue weighted by Crippen LogP contribution is -2.34. The van der Waals surface area contributed by atoms with E-state index >= 15 is 0 Å². The Kier molecular flexibility index (Phi) is 8.96. The fourth-order valence-electron chi connectivity index (χ4n) is 2.72. The van der Waals surface area contributed by atoms with Crippen molar-refractivity contribution in [2.24, 2.45) is 0 Å². The van der Waals surface area contributed by atoms with E-state index in [0.717, 1.165) is 17.8 Å². The van der Waals surface area contributed by atoms with Crippen LogP contribution in [0.1, 0.15) is 16.7 Å². The van der Waals surface area contributed by atoms with Gasteiger partial charge in [-0.2, -0.15) is 26.3 Å². The smallest absolute Gasteiger partial charge is 0.346 e. The lowest BCUT2D eigenvalue weighted by Gasteiger charge is -2.14. The molecule has 0 aliphatic carbocycles. The first-order valence-corrected chi connectivity index (χ1v) is 10.8. The third kappa shape index (κ3) is 8.60. The zero-order valence-corrected chi connectivity index (χ0v) is 18.8. The van der Waals surface area contributed by atoms with Gasteiger partial charge in [0.2, 0.25) is 5.91 Å². The van der Waals surface area contributed by atoms with Gasteiger partial charge >= 0.3 is 12.4 Å². The summed E-state index contributed by atoms with van der Waals surface area (Å²) in [5.74, 6) is -0.988. The molecule has 0 spiro atoms. The first kappa shape index (κ1) is 26.4. The minimum atomic E-state index is -4.62. The van der Waals surface area contributed by atoms with Crippen LogP contribution < -0.4 is 5.32 Å². The molecule has 1 amide bonds. The van der Waals surface area contributed by atoms with Crippen LogP contribution in [0.2, 0.25) is 10.0 Å². The highest BCUT2D eigenvalue weighted by atomic mass is 35.5. The van der Waals surface area contributed by atoms with Crippen molar-refractivity contribution >= 4 is 46.4 Å². The molecule has 0 saturated carbocycles. The van der Waals surface area contributed by atoms with Crippen molar-refractivity contribution in [2.75, 3.05) is 12.3 Å². The van der Waals surface area contributed by atoms with Crippen LogP contribution in [0, 0.1) is 6.92 Å².